The molecule has 0 aliphatic carbocycles. The van der Waals surface area contributed by atoms with Gasteiger partial charge in [0.05, 0.1) is 12.1 Å². The largest absolute Gasteiger partial charge is 0.337 e. The van der Waals surface area contributed by atoms with Crippen molar-refractivity contribution in [2.45, 2.75) is 12.0 Å². The number of halogens is 2. The van der Waals surface area contributed by atoms with Gasteiger partial charge >= 0.3 is 0 Å². The molecule has 0 bridgehead atoms. The highest BCUT2D eigenvalue weighted by Crippen LogP contribution is 2.34. The highest BCUT2D eigenvalue weighted by molar-refractivity contribution is 5.97. The molecule has 1 atom stereocenters. The van der Waals surface area contributed by atoms with Gasteiger partial charge in [-0.05, 0) is 37.7 Å². The zero-order chi connectivity index (χ0) is 19.9. The first kappa shape index (κ1) is 18.6. The van der Waals surface area contributed by atoms with E-state index in [1.165, 1.54) is 0 Å². The summed E-state index contributed by atoms with van der Waals surface area (Å²) in [5.41, 5.74) is 0.451. The van der Waals surface area contributed by atoms with Crippen molar-refractivity contribution >= 4 is 17.5 Å². The molecule has 0 unspecified atom stereocenters. The Morgan fingerprint density at radius 1 is 1.04 bits per heavy atom. The normalized spacial score (nSPS) is 22.9. The number of likely N-dealkylation sites (tertiary alicyclic amines) is 1. The van der Waals surface area contributed by atoms with Crippen LogP contribution in [0.3, 0.4) is 0 Å². The third kappa shape index (κ3) is 3.26. The lowest BCUT2D eigenvalue weighted by Crippen LogP contribution is -2.64. The molecule has 0 saturated carbocycles. The first-order chi connectivity index (χ1) is 13.4. The number of para-hydroxylation sites is 1. The number of hydrogen-bond donors (Lipinski definition) is 0. The van der Waals surface area contributed by atoms with Crippen LogP contribution in [0.2, 0.25) is 0 Å². The van der Waals surface area contributed by atoms with Crippen molar-refractivity contribution in [3.05, 3.63) is 65.7 Å². The van der Waals surface area contributed by atoms with E-state index in [0.717, 1.165) is 23.9 Å². The highest BCUT2D eigenvalue weighted by Gasteiger charge is 2.48. The highest BCUT2D eigenvalue weighted by atomic mass is 19.1. The van der Waals surface area contributed by atoms with E-state index in [1.807, 2.05) is 42.3 Å². The molecule has 2 aromatic carbocycles. The van der Waals surface area contributed by atoms with Gasteiger partial charge in [-0.25, -0.2) is 8.78 Å². The zero-order valence-electron chi connectivity index (χ0n) is 15.6. The Morgan fingerprint density at radius 2 is 1.71 bits per heavy atom. The topological polar surface area (TPSA) is 43.9 Å². The molecule has 7 heteroatoms. The van der Waals surface area contributed by atoms with Crippen molar-refractivity contribution in [3.63, 3.8) is 0 Å². The summed E-state index contributed by atoms with van der Waals surface area (Å²) in [5.74, 6) is -1.93. The van der Waals surface area contributed by atoms with Crippen LogP contribution < -0.4 is 4.90 Å². The fourth-order valence-corrected chi connectivity index (χ4v) is 4.13. The summed E-state index contributed by atoms with van der Waals surface area (Å²) in [6.45, 7) is 1.59. The number of carbonyl (C=O) groups excluding carboxylic acids is 2. The minimum Gasteiger partial charge on any atom is -0.337 e. The molecule has 2 amide bonds. The molecule has 0 N–H and O–H groups in total. The van der Waals surface area contributed by atoms with E-state index in [0.29, 0.717) is 26.1 Å². The maximum atomic E-state index is 13.5. The summed E-state index contributed by atoms with van der Waals surface area (Å²) < 4.78 is 27.0. The first-order valence-corrected chi connectivity index (χ1v) is 9.20. The molecular formula is C21H21F2N3O2. The van der Waals surface area contributed by atoms with Gasteiger partial charge in [0, 0.05) is 37.0 Å². The monoisotopic (exact) mass is 385 g/mol. The molecule has 28 heavy (non-hydrogen) atoms. The molecule has 0 aromatic heterocycles. The lowest BCUT2D eigenvalue weighted by atomic mass is 9.92. The van der Waals surface area contributed by atoms with Crippen LogP contribution in [0.25, 0.3) is 0 Å². The van der Waals surface area contributed by atoms with Crippen molar-refractivity contribution in [1.82, 2.24) is 9.80 Å². The Morgan fingerprint density at radius 3 is 2.39 bits per heavy atom. The molecule has 2 fully saturated rings. The molecule has 2 saturated heterocycles. The second-order valence-electron chi connectivity index (χ2n) is 7.53. The predicted molar refractivity (Wildman–Crippen MR) is 101 cm³/mol. The Labute approximate surface area is 162 Å². The predicted octanol–water partition coefficient (Wildman–Crippen LogP) is 2.53. The van der Waals surface area contributed by atoms with Crippen LogP contribution in [0.1, 0.15) is 16.8 Å². The first-order valence-electron chi connectivity index (χ1n) is 9.20. The van der Waals surface area contributed by atoms with Gasteiger partial charge in [0.1, 0.15) is 11.6 Å². The van der Waals surface area contributed by atoms with Crippen molar-refractivity contribution < 1.29 is 18.4 Å². The van der Waals surface area contributed by atoms with Gasteiger partial charge in [-0.1, -0.05) is 18.2 Å². The van der Waals surface area contributed by atoms with Crippen LogP contribution in [-0.4, -0.2) is 60.4 Å². The van der Waals surface area contributed by atoms with E-state index in [-0.39, 0.29) is 23.6 Å². The number of hydrogen-bond acceptors (Lipinski definition) is 3. The smallest absolute Gasteiger partial charge is 0.254 e. The SMILES string of the molecule is CN1CC(=O)N(c2ccccc2)C[C@@]12CCN(C(=O)c1cc(F)cc(F)c1)C2. The number of benzene rings is 2. The summed E-state index contributed by atoms with van der Waals surface area (Å²) in [6, 6.07) is 12.3. The summed E-state index contributed by atoms with van der Waals surface area (Å²) in [4.78, 5) is 30.7. The molecule has 2 aliphatic rings. The average molecular weight is 385 g/mol. The van der Waals surface area contributed by atoms with Crippen molar-refractivity contribution in [2.75, 3.05) is 38.1 Å². The van der Waals surface area contributed by atoms with E-state index >= 15 is 0 Å². The number of carbonyl (C=O) groups is 2. The van der Waals surface area contributed by atoms with Gasteiger partial charge in [-0.3, -0.25) is 14.5 Å². The average Bonchev–Trinajstić information content (AvgIpc) is 3.09. The van der Waals surface area contributed by atoms with Gasteiger partial charge in [-0.2, -0.15) is 0 Å². The number of nitrogens with zero attached hydrogens (tertiary/aromatic N) is 3. The van der Waals surface area contributed by atoms with Gasteiger partial charge in [0.2, 0.25) is 5.91 Å². The fourth-order valence-electron chi connectivity index (χ4n) is 4.13. The number of amides is 2. The lowest BCUT2D eigenvalue weighted by Gasteiger charge is -2.46. The molecule has 2 aromatic rings. The summed E-state index contributed by atoms with van der Waals surface area (Å²) in [6.07, 6.45) is 0.684. The standard InChI is InChI=1S/C21H21F2N3O2/c1-24-12-19(27)26(18-5-3-2-4-6-18)14-21(24)7-8-25(13-21)20(28)15-9-16(22)11-17(23)10-15/h2-6,9-11H,7-8,12-14H2,1H3/t21-/m0/s1. The molecule has 2 heterocycles. The second kappa shape index (κ2) is 6.98. The molecular weight excluding hydrogens is 364 g/mol. The van der Waals surface area contributed by atoms with Crippen LogP contribution in [0.5, 0.6) is 0 Å². The van der Waals surface area contributed by atoms with E-state index in [9.17, 15) is 18.4 Å². The summed E-state index contributed by atoms with van der Waals surface area (Å²) in [7, 11) is 1.88. The molecule has 0 radical (unpaired) electrons. The maximum absolute atomic E-state index is 13.5. The van der Waals surface area contributed by atoms with Crippen molar-refractivity contribution in [3.8, 4) is 0 Å². The van der Waals surface area contributed by atoms with Crippen LogP contribution in [-0.2, 0) is 4.79 Å². The Hall–Kier alpha value is -2.80. The summed E-state index contributed by atoms with van der Waals surface area (Å²) in [5, 5.41) is 0. The number of anilines is 1. The second-order valence-corrected chi connectivity index (χ2v) is 7.53. The zero-order valence-corrected chi connectivity index (χ0v) is 15.6. The van der Waals surface area contributed by atoms with E-state index in [4.69, 9.17) is 0 Å². The van der Waals surface area contributed by atoms with E-state index in [1.54, 1.807) is 9.80 Å². The Kier molecular flexibility index (Phi) is 4.63. The van der Waals surface area contributed by atoms with Gasteiger partial charge < -0.3 is 9.80 Å². The van der Waals surface area contributed by atoms with Crippen LogP contribution >= 0.6 is 0 Å². The van der Waals surface area contributed by atoms with Crippen molar-refractivity contribution in [2.24, 2.45) is 0 Å². The third-order valence-electron chi connectivity index (χ3n) is 5.73. The molecule has 4 rings (SSSR count). The number of rotatable bonds is 2. The third-order valence-corrected chi connectivity index (χ3v) is 5.73. The quantitative estimate of drug-likeness (QED) is 0.798. The Balaban J connectivity index is 1.57. The van der Waals surface area contributed by atoms with E-state index in [2.05, 4.69) is 0 Å². The molecule has 146 valence electrons. The van der Waals surface area contributed by atoms with E-state index < -0.39 is 17.5 Å². The Bertz CT molecular complexity index is 901. The number of likely N-dealkylation sites (N-methyl/N-ethyl adjacent to an activating group) is 1. The van der Waals surface area contributed by atoms with Crippen LogP contribution in [0.4, 0.5) is 14.5 Å². The fraction of sp³-hybridized carbons (Fsp3) is 0.333. The van der Waals surface area contributed by atoms with Crippen LogP contribution in [0, 0.1) is 11.6 Å². The van der Waals surface area contributed by atoms with Gasteiger partial charge in [0.15, 0.2) is 0 Å². The maximum Gasteiger partial charge on any atom is 0.254 e. The minimum absolute atomic E-state index is 0.00371. The lowest BCUT2D eigenvalue weighted by molar-refractivity contribution is -0.123. The number of piperazine rings is 1. The van der Waals surface area contributed by atoms with Gasteiger partial charge in [-0.15, -0.1) is 0 Å². The minimum atomic E-state index is -0.770. The van der Waals surface area contributed by atoms with Crippen molar-refractivity contribution in [1.29, 1.82) is 0 Å². The van der Waals surface area contributed by atoms with Gasteiger partial charge in [0.25, 0.3) is 5.91 Å². The molecule has 1 spiro atoms. The molecule has 5 nitrogen and oxygen atoms in total. The molecule has 2 aliphatic heterocycles. The summed E-state index contributed by atoms with van der Waals surface area (Å²) >= 11 is 0. The van der Waals surface area contributed by atoms with Crippen LogP contribution in [0.15, 0.2) is 48.5 Å².